The lowest BCUT2D eigenvalue weighted by Gasteiger charge is -2.14. The number of carbonyl (C=O) groups is 1. The molecule has 0 aromatic carbocycles. The number of nitrogens with zero attached hydrogens (tertiary/aromatic N) is 3. The summed E-state index contributed by atoms with van der Waals surface area (Å²) in [5.41, 5.74) is 0.807. The van der Waals surface area contributed by atoms with Gasteiger partial charge in [-0.2, -0.15) is 9.82 Å². The van der Waals surface area contributed by atoms with Crippen molar-refractivity contribution in [1.29, 1.82) is 0 Å². The van der Waals surface area contributed by atoms with Gasteiger partial charge in [-0.25, -0.2) is 12.8 Å². The number of rotatable bonds is 6. The molecule has 22 heavy (non-hydrogen) atoms. The fourth-order valence-corrected chi connectivity index (χ4v) is 2.87. The normalized spacial score (nSPS) is 13.0. The van der Waals surface area contributed by atoms with Gasteiger partial charge in [-0.1, -0.05) is 0 Å². The van der Waals surface area contributed by atoms with Crippen LogP contribution < -0.4 is 4.72 Å². The van der Waals surface area contributed by atoms with Crippen molar-refractivity contribution in [3.63, 3.8) is 0 Å². The van der Waals surface area contributed by atoms with E-state index in [9.17, 15) is 17.6 Å². The second-order valence-electron chi connectivity index (χ2n) is 4.59. The third kappa shape index (κ3) is 3.86. The number of aryl methyl sites for hydroxylation is 1. The Morgan fingerprint density at radius 2 is 2.18 bits per heavy atom. The summed E-state index contributed by atoms with van der Waals surface area (Å²) in [6.45, 7) is 1.56. The van der Waals surface area contributed by atoms with Gasteiger partial charge in [0.05, 0.1) is 18.9 Å². The number of hydrogen-bond acceptors (Lipinski definition) is 5. The van der Waals surface area contributed by atoms with E-state index in [0.29, 0.717) is 0 Å². The number of aromatic nitrogens is 3. The summed E-state index contributed by atoms with van der Waals surface area (Å²) in [5, 5.41) is 13.0. The molecule has 0 saturated heterocycles. The van der Waals surface area contributed by atoms with E-state index in [1.54, 1.807) is 13.1 Å². The molecule has 1 atom stereocenters. The molecular formula is C12H13FN4O4S. The number of nitrogens with one attached hydrogen (secondary N) is 1. The molecule has 2 aromatic rings. The lowest BCUT2D eigenvalue weighted by Crippen LogP contribution is -2.43. The Hall–Kier alpha value is -2.33. The van der Waals surface area contributed by atoms with Crippen molar-refractivity contribution in [2.45, 2.75) is 24.4 Å². The lowest BCUT2D eigenvalue weighted by atomic mass is 10.3. The van der Waals surface area contributed by atoms with E-state index in [0.717, 1.165) is 24.0 Å². The molecule has 0 fully saturated rings. The second kappa shape index (κ2) is 6.20. The van der Waals surface area contributed by atoms with E-state index >= 15 is 0 Å². The Morgan fingerprint density at radius 3 is 2.73 bits per heavy atom. The number of halogens is 1. The zero-order valence-corrected chi connectivity index (χ0v) is 12.3. The van der Waals surface area contributed by atoms with Gasteiger partial charge in [-0.15, -0.1) is 0 Å². The molecule has 0 aliphatic heterocycles. The largest absolute Gasteiger partial charge is 0.480 e. The summed E-state index contributed by atoms with van der Waals surface area (Å²) in [6.07, 6.45) is 4.88. The van der Waals surface area contributed by atoms with Crippen molar-refractivity contribution >= 4 is 16.0 Å². The fourth-order valence-electron chi connectivity index (χ4n) is 1.71. The van der Waals surface area contributed by atoms with E-state index in [2.05, 4.69) is 10.1 Å². The number of pyridine rings is 1. The number of carboxylic acids is 1. The summed E-state index contributed by atoms with van der Waals surface area (Å²) in [6, 6.07) is -0.695. The van der Waals surface area contributed by atoms with E-state index in [-0.39, 0.29) is 6.54 Å². The third-order valence-corrected chi connectivity index (χ3v) is 4.16. The molecule has 0 aliphatic carbocycles. The molecule has 0 bridgehead atoms. The Balaban J connectivity index is 2.21. The molecule has 2 aromatic heterocycles. The SMILES string of the molecule is Cc1cnn(CC(NS(=O)(=O)c2cncc(F)c2)C(=O)O)c1. The van der Waals surface area contributed by atoms with Crippen LogP contribution in [-0.2, 0) is 21.4 Å². The Morgan fingerprint density at radius 1 is 1.45 bits per heavy atom. The number of sulfonamides is 1. The van der Waals surface area contributed by atoms with Gasteiger partial charge in [-0.05, 0) is 18.6 Å². The molecule has 2 N–H and O–H groups in total. The van der Waals surface area contributed by atoms with Crippen LogP contribution in [0, 0.1) is 12.7 Å². The van der Waals surface area contributed by atoms with E-state index in [1.165, 1.54) is 10.9 Å². The number of aliphatic carboxylic acids is 1. The van der Waals surface area contributed by atoms with Crippen LogP contribution in [0.3, 0.4) is 0 Å². The smallest absolute Gasteiger partial charge is 0.323 e. The predicted octanol–water partition coefficient (Wildman–Crippen LogP) is 0.157. The quantitative estimate of drug-likeness (QED) is 0.780. The van der Waals surface area contributed by atoms with Crippen molar-refractivity contribution in [3.8, 4) is 0 Å². The summed E-state index contributed by atoms with van der Waals surface area (Å²) in [4.78, 5) is 14.2. The molecule has 10 heteroatoms. The maximum absolute atomic E-state index is 13.1. The van der Waals surface area contributed by atoms with Gasteiger partial charge in [0.2, 0.25) is 10.0 Å². The predicted molar refractivity (Wildman–Crippen MR) is 72.9 cm³/mol. The highest BCUT2D eigenvalue weighted by Crippen LogP contribution is 2.10. The maximum atomic E-state index is 13.1. The van der Waals surface area contributed by atoms with Crippen LogP contribution in [0.15, 0.2) is 35.7 Å². The Kier molecular flexibility index (Phi) is 4.52. The van der Waals surface area contributed by atoms with E-state index < -0.39 is 32.7 Å². The third-order valence-electron chi connectivity index (χ3n) is 2.72. The molecule has 0 spiro atoms. The topological polar surface area (TPSA) is 114 Å². The lowest BCUT2D eigenvalue weighted by molar-refractivity contribution is -0.139. The molecule has 0 radical (unpaired) electrons. The standard InChI is InChI=1S/C12H13FN4O4S/c1-8-3-15-17(6-8)7-11(12(18)19)16-22(20,21)10-2-9(13)4-14-5-10/h2-6,11,16H,7H2,1H3,(H,18,19). The van der Waals surface area contributed by atoms with Crippen molar-refractivity contribution in [3.05, 3.63) is 42.2 Å². The highest BCUT2D eigenvalue weighted by atomic mass is 32.2. The van der Waals surface area contributed by atoms with Gasteiger partial charge in [0.25, 0.3) is 0 Å². The molecule has 2 heterocycles. The molecule has 2 rings (SSSR count). The van der Waals surface area contributed by atoms with Crippen LogP contribution in [0.25, 0.3) is 0 Å². The summed E-state index contributed by atoms with van der Waals surface area (Å²) in [7, 11) is -4.21. The van der Waals surface area contributed by atoms with E-state index in [1.807, 2.05) is 4.72 Å². The van der Waals surface area contributed by atoms with Crippen LogP contribution in [0.4, 0.5) is 4.39 Å². The van der Waals surface area contributed by atoms with Crippen molar-refractivity contribution < 1.29 is 22.7 Å². The van der Waals surface area contributed by atoms with Crippen molar-refractivity contribution in [2.75, 3.05) is 0 Å². The summed E-state index contributed by atoms with van der Waals surface area (Å²) in [5.74, 6) is -2.21. The first-order chi connectivity index (χ1) is 10.3. The molecule has 8 nitrogen and oxygen atoms in total. The van der Waals surface area contributed by atoms with Gasteiger partial charge in [0.1, 0.15) is 16.8 Å². The van der Waals surface area contributed by atoms with Crippen LogP contribution >= 0.6 is 0 Å². The van der Waals surface area contributed by atoms with Gasteiger partial charge >= 0.3 is 5.97 Å². The van der Waals surface area contributed by atoms with Gasteiger partial charge < -0.3 is 5.11 Å². The average Bonchev–Trinajstić information content (AvgIpc) is 2.83. The first kappa shape index (κ1) is 16.0. The van der Waals surface area contributed by atoms with Crippen molar-refractivity contribution in [1.82, 2.24) is 19.5 Å². The molecule has 118 valence electrons. The molecule has 1 unspecified atom stereocenters. The van der Waals surface area contributed by atoms with Gasteiger partial charge in [-0.3, -0.25) is 14.5 Å². The zero-order chi connectivity index (χ0) is 16.3. The minimum absolute atomic E-state index is 0.203. The Bertz CT molecular complexity index is 790. The number of hydrogen-bond donors (Lipinski definition) is 2. The Labute approximate surface area is 125 Å². The first-order valence-corrected chi connectivity index (χ1v) is 7.61. The highest BCUT2D eigenvalue weighted by molar-refractivity contribution is 7.89. The summed E-state index contributed by atoms with van der Waals surface area (Å²) < 4.78 is 40.5. The van der Waals surface area contributed by atoms with Crippen LogP contribution in [0.5, 0.6) is 0 Å². The van der Waals surface area contributed by atoms with Gasteiger partial charge in [0.15, 0.2) is 0 Å². The monoisotopic (exact) mass is 328 g/mol. The first-order valence-electron chi connectivity index (χ1n) is 6.12. The molecule has 0 amide bonds. The minimum Gasteiger partial charge on any atom is -0.480 e. The maximum Gasteiger partial charge on any atom is 0.323 e. The van der Waals surface area contributed by atoms with Gasteiger partial charge in [0, 0.05) is 12.4 Å². The molecule has 0 saturated carbocycles. The van der Waals surface area contributed by atoms with Crippen LogP contribution in [0.2, 0.25) is 0 Å². The second-order valence-corrected chi connectivity index (χ2v) is 6.30. The minimum atomic E-state index is -4.21. The highest BCUT2D eigenvalue weighted by Gasteiger charge is 2.26. The molecular weight excluding hydrogens is 315 g/mol. The average molecular weight is 328 g/mol. The summed E-state index contributed by atoms with van der Waals surface area (Å²) >= 11 is 0. The fraction of sp³-hybridized carbons (Fsp3) is 0.250. The van der Waals surface area contributed by atoms with E-state index in [4.69, 9.17) is 5.11 Å². The number of carboxylic acid groups (broad SMARTS) is 1. The molecule has 0 aliphatic rings. The van der Waals surface area contributed by atoms with Crippen LogP contribution in [0.1, 0.15) is 5.56 Å². The zero-order valence-electron chi connectivity index (χ0n) is 11.5. The van der Waals surface area contributed by atoms with Crippen LogP contribution in [-0.4, -0.2) is 40.3 Å². The van der Waals surface area contributed by atoms with Crippen molar-refractivity contribution in [2.24, 2.45) is 0 Å².